The Labute approximate surface area is 202 Å². The number of carboxylic acid groups (broad SMARTS) is 1. The number of carbonyl (C=O) groups is 3. The number of likely N-dealkylation sites (tertiary alicyclic amines) is 1. The van der Waals surface area contributed by atoms with Crippen molar-refractivity contribution in [2.24, 2.45) is 0 Å². The molecule has 1 amide bonds. The fraction of sp³-hybridized carbons (Fsp3) is 0.591. The minimum atomic E-state index is -0.986. The summed E-state index contributed by atoms with van der Waals surface area (Å²) in [6.07, 6.45) is 1.48. The minimum Gasteiger partial charge on any atom is -0.480 e. The monoisotopic (exact) mass is 500 g/mol. The lowest BCUT2D eigenvalue weighted by Crippen LogP contribution is -2.53. The molecule has 2 aliphatic heterocycles. The highest BCUT2D eigenvalue weighted by Gasteiger charge is 2.52. The number of halogens is 1. The van der Waals surface area contributed by atoms with Gasteiger partial charge >= 0.3 is 11.9 Å². The largest absolute Gasteiger partial charge is 0.480 e. The molecule has 1 unspecified atom stereocenters. The van der Waals surface area contributed by atoms with Crippen molar-refractivity contribution in [3.8, 4) is 0 Å². The molecule has 2 saturated heterocycles. The van der Waals surface area contributed by atoms with Crippen LogP contribution in [0.15, 0.2) is 24.3 Å². The molecule has 0 aliphatic carbocycles. The second-order valence-electron chi connectivity index (χ2n) is 7.99. The lowest BCUT2D eigenvalue weighted by Gasteiger charge is -2.28. The highest BCUT2D eigenvalue weighted by molar-refractivity contribution is 8.21. The second-order valence-corrected chi connectivity index (χ2v) is 11.6. The van der Waals surface area contributed by atoms with Crippen LogP contribution in [-0.4, -0.2) is 74.7 Å². The van der Waals surface area contributed by atoms with Crippen molar-refractivity contribution in [3.05, 3.63) is 34.9 Å². The van der Waals surface area contributed by atoms with Gasteiger partial charge in [-0.1, -0.05) is 23.7 Å². The standard InChI is InChI=1S/C22H29ClN2O5S2/c1-3-30-21(29)17(9-6-15-4-7-16(23)8-5-15)24-14(2)19(26)25-13-22(31-10-11-32-22)12-18(25)20(27)28/h4-5,7-8,14,17-18,24H,3,6,9-13H2,1-2H3,(H,27,28)/t14?,17-,18-/m0/s1. The number of amides is 1. The van der Waals surface area contributed by atoms with Gasteiger partial charge in [0.15, 0.2) is 0 Å². The number of aliphatic carboxylic acids is 1. The van der Waals surface area contributed by atoms with Gasteiger partial charge in [0.1, 0.15) is 12.1 Å². The predicted octanol–water partition coefficient (Wildman–Crippen LogP) is 3.04. The van der Waals surface area contributed by atoms with Gasteiger partial charge in [-0.3, -0.25) is 14.9 Å². The summed E-state index contributed by atoms with van der Waals surface area (Å²) >= 11 is 9.42. The van der Waals surface area contributed by atoms with Gasteiger partial charge in [0.2, 0.25) is 5.91 Å². The van der Waals surface area contributed by atoms with Crippen LogP contribution >= 0.6 is 35.1 Å². The summed E-state index contributed by atoms with van der Waals surface area (Å²) in [6, 6.07) is 5.14. The third kappa shape index (κ3) is 6.12. The van der Waals surface area contributed by atoms with E-state index in [1.54, 1.807) is 49.5 Å². The number of esters is 1. The molecule has 176 valence electrons. The van der Waals surface area contributed by atoms with Gasteiger partial charge in [-0.2, -0.15) is 0 Å². The van der Waals surface area contributed by atoms with E-state index in [2.05, 4.69) is 5.32 Å². The number of hydrogen-bond donors (Lipinski definition) is 2. The quantitative estimate of drug-likeness (QED) is 0.499. The molecular formula is C22H29ClN2O5S2. The molecule has 10 heteroatoms. The minimum absolute atomic E-state index is 0.241. The number of thioether (sulfide) groups is 2. The number of hydrogen-bond acceptors (Lipinski definition) is 7. The molecule has 0 bridgehead atoms. The lowest BCUT2D eigenvalue weighted by atomic mass is 10.0. The molecule has 2 heterocycles. The smallest absolute Gasteiger partial charge is 0.326 e. The first-order chi connectivity index (χ1) is 15.2. The Hall–Kier alpha value is -1.42. The molecule has 2 fully saturated rings. The van der Waals surface area contributed by atoms with Crippen molar-refractivity contribution in [1.29, 1.82) is 0 Å². The van der Waals surface area contributed by atoms with Gasteiger partial charge in [0, 0.05) is 29.5 Å². The van der Waals surface area contributed by atoms with Gasteiger partial charge in [-0.25, -0.2) is 4.79 Å². The van der Waals surface area contributed by atoms with E-state index in [1.807, 2.05) is 12.1 Å². The van der Waals surface area contributed by atoms with Gasteiger partial charge in [-0.15, -0.1) is 23.5 Å². The number of nitrogens with one attached hydrogen (secondary N) is 1. The summed E-state index contributed by atoms with van der Waals surface area (Å²) < 4.78 is 4.96. The Balaban J connectivity index is 1.67. The van der Waals surface area contributed by atoms with E-state index in [0.29, 0.717) is 30.8 Å². The SMILES string of the molecule is CCOC(=O)[C@H](CCc1ccc(Cl)cc1)NC(C)C(=O)N1CC2(C[C@H]1C(=O)O)SCCS2. The summed E-state index contributed by atoms with van der Waals surface area (Å²) in [5, 5.41) is 13.5. The number of carboxylic acids is 1. The van der Waals surface area contributed by atoms with Crippen LogP contribution in [0.2, 0.25) is 5.02 Å². The Bertz CT molecular complexity index is 832. The predicted molar refractivity (Wildman–Crippen MR) is 128 cm³/mol. The number of carbonyl (C=O) groups excluding carboxylic acids is 2. The van der Waals surface area contributed by atoms with Crippen LogP contribution in [0.5, 0.6) is 0 Å². The molecule has 3 atom stereocenters. The summed E-state index contributed by atoms with van der Waals surface area (Å²) in [6.45, 7) is 4.06. The van der Waals surface area contributed by atoms with Crippen LogP contribution in [0, 0.1) is 0 Å². The molecule has 7 nitrogen and oxygen atoms in total. The number of aryl methyl sites for hydroxylation is 1. The van der Waals surface area contributed by atoms with E-state index in [-0.39, 0.29) is 16.6 Å². The maximum atomic E-state index is 13.2. The fourth-order valence-corrected chi connectivity index (χ4v) is 7.48. The van der Waals surface area contributed by atoms with E-state index in [4.69, 9.17) is 16.3 Å². The van der Waals surface area contributed by atoms with E-state index in [1.165, 1.54) is 4.90 Å². The molecule has 3 rings (SSSR count). The molecule has 2 aliphatic rings. The third-order valence-electron chi connectivity index (χ3n) is 5.70. The second kappa shape index (κ2) is 11.1. The average molecular weight is 501 g/mol. The first-order valence-electron chi connectivity index (χ1n) is 10.7. The van der Waals surface area contributed by atoms with Crippen LogP contribution in [-0.2, 0) is 25.5 Å². The van der Waals surface area contributed by atoms with Crippen molar-refractivity contribution in [2.75, 3.05) is 24.7 Å². The van der Waals surface area contributed by atoms with Crippen molar-refractivity contribution >= 4 is 53.0 Å². The zero-order valence-corrected chi connectivity index (χ0v) is 20.6. The van der Waals surface area contributed by atoms with E-state index in [9.17, 15) is 19.5 Å². The summed E-state index contributed by atoms with van der Waals surface area (Å²) in [5.41, 5.74) is 1.02. The highest BCUT2D eigenvalue weighted by Crippen LogP contribution is 2.51. The first-order valence-corrected chi connectivity index (χ1v) is 13.1. The Morgan fingerprint density at radius 1 is 1.28 bits per heavy atom. The van der Waals surface area contributed by atoms with Crippen LogP contribution in [0.1, 0.15) is 32.3 Å². The fourth-order valence-electron chi connectivity index (χ4n) is 4.09. The Morgan fingerprint density at radius 2 is 1.94 bits per heavy atom. The van der Waals surface area contributed by atoms with Crippen LogP contribution in [0.4, 0.5) is 0 Å². The zero-order chi connectivity index (χ0) is 23.3. The molecule has 1 aromatic carbocycles. The molecule has 0 saturated carbocycles. The summed E-state index contributed by atoms with van der Waals surface area (Å²) in [5.74, 6) is 0.212. The van der Waals surface area contributed by atoms with Crippen molar-refractivity contribution in [2.45, 2.75) is 55.3 Å². The lowest BCUT2D eigenvalue weighted by molar-refractivity contribution is -0.150. The normalized spacial score (nSPS) is 21.5. The molecule has 1 aromatic rings. The Morgan fingerprint density at radius 3 is 2.53 bits per heavy atom. The van der Waals surface area contributed by atoms with Crippen molar-refractivity contribution in [3.63, 3.8) is 0 Å². The molecule has 32 heavy (non-hydrogen) atoms. The number of nitrogens with zero attached hydrogens (tertiary/aromatic N) is 1. The maximum Gasteiger partial charge on any atom is 0.326 e. The Kier molecular flexibility index (Phi) is 8.77. The van der Waals surface area contributed by atoms with E-state index >= 15 is 0 Å². The van der Waals surface area contributed by atoms with E-state index < -0.39 is 30.1 Å². The van der Waals surface area contributed by atoms with Crippen LogP contribution < -0.4 is 5.32 Å². The van der Waals surface area contributed by atoms with Gasteiger partial charge in [0.05, 0.1) is 16.7 Å². The van der Waals surface area contributed by atoms with Crippen LogP contribution in [0.3, 0.4) is 0 Å². The molecule has 2 N–H and O–H groups in total. The highest BCUT2D eigenvalue weighted by atomic mass is 35.5. The molecule has 0 radical (unpaired) electrons. The van der Waals surface area contributed by atoms with Crippen molar-refractivity contribution < 1.29 is 24.2 Å². The molecule has 1 spiro atoms. The van der Waals surface area contributed by atoms with Crippen molar-refractivity contribution in [1.82, 2.24) is 10.2 Å². The maximum absolute atomic E-state index is 13.2. The number of rotatable bonds is 9. The van der Waals surface area contributed by atoms with Gasteiger partial charge in [0.25, 0.3) is 0 Å². The third-order valence-corrected chi connectivity index (χ3v) is 9.38. The molecular weight excluding hydrogens is 472 g/mol. The summed E-state index contributed by atoms with van der Waals surface area (Å²) in [4.78, 5) is 39.1. The number of ether oxygens (including phenoxy) is 1. The average Bonchev–Trinajstić information content (AvgIpc) is 3.38. The molecule has 0 aromatic heterocycles. The van der Waals surface area contributed by atoms with Crippen LogP contribution in [0.25, 0.3) is 0 Å². The first kappa shape index (κ1) is 25.2. The van der Waals surface area contributed by atoms with Gasteiger partial charge in [-0.05, 0) is 44.4 Å². The van der Waals surface area contributed by atoms with E-state index in [0.717, 1.165) is 17.1 Å². The zero-order valence-electron chi connectivity index (χ0n) is 18.2. The number of benzene rings is 1. The van der Waals surface area contributed by atoms with Gasteiger partial charge < -0.3 is 14.7 Å². The topological polar surface area (TPSA) is 95.9 Å². The summed E-state index contributed by atoms with van der Waals surface area (Å²) in [7, 11) is 0.